The average molecular weight is 367 g/mol. The molecule has 0 spiro atoms. The van der Waals surface area contributed by atoms with Gasteiger partial charge in [0, 0.05) is 22.6 Å². The Morgan fingerprint density at radius 2 is 2.10 bits per heavy atom. The molecule has 2 nitrogen and oxygen atoms in total. The van der Waals surface area contributed by atoms with Gasteiger partial charge in [-0.2, -0.15) is 0 Å². The van der Waals surface area contributed by atoms with Crippen molar-refractivity contribution in [2.75, 3.05) is 5.75 Å². The molecule has 2 unspecified atom stereocenters. The lowest BCUT2D eigenvalue weighted by Crippen LogP contribution is -2.41. The van der Waals surface area contributed by atoms with Gasteiger partial charge in [-0.15, -0.1) is 11.8 Å². The third-order valence-corrected chi connectivity index (χ3v) is 6.00. The summed E-state index contributed by atoms with van der Waals surface area (Å²) < 4.78 is 14.2. The van der Waals surface area contributed by atoms with Crippen LogP contribution in [0.3, 0.4) is 0 Å². The molecule has 0 aromatic heterocycles. The van der Waals surface area contributed by atoms with Crippen molar-refractivity contribution in [3.8, 4) is 0 Å². The van der Waals surface area contributed by atoms with Crippen molar-refractivity contribution >= 4 is 27.7 Å². The van der Waals surface area contributed by atoms with Crippen molar-refractivity contribution < 1.29 is 4.39 Å². The Morgan fingerprint density at radius 3 is 2.90 bits per heavy atom. The number of hydrogen-bond acceptors (Lipinski definition) is 3. The fourth-order valence-electron chi connectivity index (χ4n) is 2.78. The predicted octanol–water partition coefficient (Wildman–Crippen LogP) is 3.85. The van der Waals surface area contributed by atoms with Gasteiger partial charge in [-0.25, -0.2) is 4.39 Å². The number of hydrogen-bond donors (Lipinski definition) is 2. The zero-order valence-corrected chi connectivity index (χ0v) is 13.8. The molecule has 1 aliphatic heterocycles. The quantitative estimate of drug-likeness (QED) is 0.637. The van der Waals surface area contributed by atoms with Gasteiger partial charge in [0.15, 0.2) is 0 Å². The SMILES string of the molecule is NNC(Cc1cccc(F)c1Br)C1CSc2ccccc21. The molecule has 0 saturated carbocycles. The van der Waals surface area contributed by atoms with E-state index in [0.29, 0.717) is 16.8 Å². The van der Waals surface area contributed by atoms with Crippen LogP contribution >= 0.6 is 27.7 Å². The molecule has 0 aliphatic carbocycles. The second kappa shape index (κ2) is 6.48. The Balaban J connectivity index is 1.85. The van der Waals surface area contributed by atoms with E-state index in [9.17, 15) is 4.39 Å². The molecule has 3 rings (SSSR count). The van der Waals surface area contributed by atoms with Crippen molar-refractivity contribution in [2.24, 2.45) is 5.84 Å². The van der Waals surface area contributed by atoms with Crippen molar-refractivity contribution in [3.63, 3.8) is 0 Å². The molecule has 0 bridgehead atoms. The maximum Gasteiger partial charge on any atom is 0.137 e. The van der Waals surface area contributed by atoms with Crippen LogP contribution in [0.4, 0.5) is 4.39 Å². The van der Waals surface area contributed by atoms with E-state index in [1.165, 1.54) is 16.5 Å². The molecule has 1 aliphatic rings. The lowest BCUT2D eigenvalue weighted by molar-refractivity contribution is 0.461. The number of benzene rings is 2. The number of rotatable bonds is 4. The van der Waals surface area contributed by atoms with Gasteiger partial charge in [0.05, 0.1) is 4.47 Å². The van der Waals surface area contributed by atoms with Gasteiger partial charge in [-0.05, 0) is 45.6 Å². The minimum absolute atomic E-state index is 0.0826. The monoisotopic (exact) mass is 366 g/mol. The average Bonchev–Trinajstić information content (AvgIpc) is 2.93. The summed E-state index contributed by atoms with van der Waals surface area (Å²) in [4.78, 5) is 1.32. The molecular weight excluding hydrogens is 351 g/mol. The van der Waals surface area contributed by atoms with Gasteiger partial charge in [0.25, 0.3) is 0 Å². The molecule has 0 amide bonds. The maximum atomic E-state index is 13.6. The first-order valence-corrected chi connectivity index (χ1v) is 8.59. The van der Waals surface area contributed by atoms with Crippen molar-refractivity contribution in [2.45, 2.75) is 23.3 Å². The number of nitrogens with two attached hydrogens (primary N) is 1. The summed E-state index contributed by atoms with van der Waals surface area (Å²) >= 11 is 5.19. The van der Waals surface area contributed by atoms with Crippen molar-refractivity contribution in [3.05, 3.63) is 63.9 Å². The highest BCUT2D eigenvalue weighted by atomic mass is 79.9. The molecule has 3 N–H and O–H groups in total. The Bertz CT molecular complexity index is 650. The fourth-order valence-corrected chi connectivity index (χ4v) is 4.54. The number of nitrogens with one attached hydrogen (secondary N) is 1. The minimum atomic E-state index is -0.232. The first-order chi connectivity index (χ1) is 10.2. The third kappa shape index (κ3) is 3.01. The topological polar surface area (TPSA) is 38.0 Å². The van der Waals surface area contributed by atoms with Crippen LogP contribution in [-0.4, -0.2) is 11.8 Å². The summed E-state index contributed by atoms with van der Waals surface area (Å²) in [5.41, 5.74) is 5.19. The first-order valence-electron chi connectivity index (χ1n) is 6.81. The van der Waals surface area contributed by atoms with E-state index >= 15 is 0 Å². The molecule has 1 heterocycles. The molecular formula is C16H16BrFN2S. The van der Waals surface area contributed by atoms with E-state index in [1.807, 2.05) is 17.8 Å². The Morgan fingerprint density at radius 1 is 1.29 bits per heavy atom. The van der Waals surface area contributed by atoms with Crippen LogP contribution in [0.25, 0.3) is 0 Å². The van der Waals surface area contributed by atoms with Crippen LogP contribution in [0.15, 0.2) is 51.8 Å². The maximum absolute atomic E-state index is 13.6. The number of hydrazine groups is 1. The molecule has 2 atom stereocenters. The molecule has 0 fully saturated rings. The second-order valence-electron chi connectivity index (χ2n) is 5.15. The van der Waals surface area contributed by atoms with Crippen LogP contribution in [0.2, 0.25) is 0 Å². The predicted molar refractivity (Wildman–Crippen MR) is 88.8 cm³/mol. The Labute approximate surface area is 136 Å². The largest absolute Gasteiger partial charge is 0.271 e. The number of halogens is 2. The van der Waals surface area contributed by atoms with E-state index in [-0.39, 0.29) is 11.9 Å². The van der Waals surface area contributed by atoms with Crippen LogP contribution in [-0.2, 0) is 6.42 Å². The Hall–Kier alpha value is -0.880. The standard InChI is InChI=1S/C16H16BrFN2S/c17-16-10(4-3-6-13(16)18)8-14(20-19)12-9-21-15-7-2-1-5-11(12)15/h1-7,12,14,20H,8-9,19H2. The van der Waals surface area contributed by atoms with E-state index < -0.39 is 0 Å². The van der Waals surface area contributed by atoms with Gasteiger partial charge in [0.2, 0.25) is 0 Å². The lowest BCUT2D eigenvalue weighted by Gasteiger charge is -2.24. The molecule has 2 aromatic carbocycles. The summed E-state index contributed by atoms with van der Waals surface area (Å²) in [7, 11) is 0. The van der Waals surface area contributed by atoms with E-state index in [0.717, 1.165) is 11.3 Å². The summed E-state index contributed by atoms with van der Waals surface area (Å²) in [5, 5.41) is 0. The van der Waals surface area contributed by atoms with Gasteiger partial charge in [-0.1, -0.05) is 30.3 Å². The molecule has 0 saturated heterocycles. The highest BCUT2D eigenvalue weighted by Crippen LogP contribution is 2.41. The Kier molecular flexibility index (Phi) is 4.64. The highest BCUT2D eigenvalue weighted by Gasteiger charge is 2.30. The van der Waals surface area contributed by atoms with E-state index in [4.69, 9.17) is 5.84 Å². The number of fused-ring (bicyclic) bond motifs is 1. The van der Waals surface area contributed by atoms with Crippen molar-refractivity contribution in [1.29, 1.82) is 0 Å². The van der Waals surface area contributed by atoms with Gasteiger partial charge in [0.1, 0.15) is 5.82 Å². The zero-order chi connectivity index (χ0) is 14.8. The lowest BCUT2D eigenvalue weighted by atomic mass is 9.89. The van der Waals surface area contributed by atoms with Crippen LogP contribution < -0.4 is 11.3 Å². The van der Waals surface area contributed by atoms with Gasteiger partial charge in [-0.3, -0.25) is 11.3 Å². The summed E-state index contributed by atoms with van der Waals surface area (Å²) in [6.45, 7) is 0. The third-order valence-electron chi connectivity index (χ3n) is 3.91. The first kappa shape index (κ1) is 15.0. The smallest absolute Gasteiger partial charge is 0.137 e. The van der Waals surface area contributed by atoms with E-state index in [1.54, 1.807) is 6.07 Å². The molecule has 21 heavy (non-hydrogen) atoms. The van der Waals surface area contributed by atoms with Gasteiger partial charge >= 0.3 is 0 Å². The number of thioether (sulfide) groups is 1. The molecule has 0 radical (unpaired) electrons. The van der Waals surface area contributed by atoms with Crippen molar-refractivity contribution in [1.82, 2.24) is 5.43 Å². The van der Waals surface area contributed by atoms with Crippen LogP contribution in [0.5, 0.6) is 0 Å². The van der Waals surface area contributed by atoms with Crippen LogP contribution in [0, 0.1) is 5.82 Å². The molecule has 110 valence electrons. The van der Waals surface area contributed by atoms with Gasteiger partial charge < -0.3 is 0 Å². The highest BCUT2D eigenvalue weighted by molar-refractivity contribution is 9.10. The molecule has 5 heteroatoms. The van der Waals surface area contributed by atoms with Crippen LogP contribution in [0.1, 0.15) is 17.0 Å². The summed E-state index contributed by atoms with van der Waals surface area (Å²) in [5.74, 6) is 6.89. The minimum Gasteiger partial charge on any atom is -0.271 e. The zero-order valence-electron chi connectivity index (χ0n) is 11.4. The fraction of sp³-hybridized carbons (Fsp3) is 0.250. The normalized spacial score (nSPS) is 18.5. The summed E-state index contributed by atoms with van der Waals surface area (Å²) in [6.07, 6.45) is 0.689. The van der Waals surface area contributed by atoms with E-state index in [2.05, 4.69) is 45.6 Å². The summed E-state index contributed by atoms with van der Waals surface area (Å²) in [6, 6.07) is 13.6. The second-order valence-corrected chi connectivity index (χ2v) is 7.00. The molecule has 2 aromatic rings.